The molecule has 0 radical (unpaired) electrons. The number of ether oxygens (including phenoxy) is 2. The number of carboxylic acid groups (broad SMARTS) is 1. The molecule has 3 rings (SSSR count). The third-order valence-corrected chi connectivity index (χ3v) is 6.25. The number of amides is 2. The number of pyridine rings is 1. The molecule has 1 atom stereocenters. The average molecular weight is 566 g/mol. The van der Waals surface area contributed by atoms with E-state index in [1.54, 1.807) is 76.2 Å². The molecule has 1 unspecified atom stereocenters. The molecule has 0 aliphatic heterocycles. The molecule has 0 aliphatic rings. The molecule has 4 N–H and O–H groups in total. The Morgan fingerprint density at radius 1 is 1.20 bits per heavy atom. The van der Waals surface area contributed by atoms with E-state index in [4.69, 9.17) is 26.8 Å². The summed E-state index contributed by atoms with van der Waals surface area (Å²) in [4.78, 5) is 30.3. The van der Waals surface area contributed by atoms with Crippen molar-refractivity contribution in [2.45, 2.75) is 45.7 Å². The van der Waals surface area contributed by atoms with E-state index in [-0.39, 0.29) is 30.5 Å². The van der Waals surface area contributed by atoms with Gasteiger partial charge in [0.15, 0.2) is 6.79 Å². The van der Waals surface area contributed by atoms with Crippen molar-refractivity contribution in [2.75, 3.05) is 25.0 Å². The number of aromatic nitrogens is 1. The van der Waals surface area contributed by atoms with Crippen LogP contribution in [0.2, 0.25) is 5.02 Å². The molecule has 40 heavy (non-hydrogen) atoms. The molecule has 0 saturated carbocycles. The number of rotatable bonds is 9. The molecule has 2 aromatic carbocycles. The number of halogens is 1. The SMILES string of the molecule is COCOc1cc(Cl)ccc1-c1cc(-c2cccc(NC(=O)CC(C)N(C(=O)O)C(C)(C)C)c2)c(C#N)c(N)n1. The molecule has 1 heterocycles. The summed E-state index contributed by atoms with van der Waals surface area (Å²) >= 11 is 6.16. The van der Waals surface area contributed by atoms with E-state index in [1.807, 2.05) is 0 Å². The molecule has 210 valence electrons. The number of hydrogen-bond donors (Lipinski definition) is 3. The Morgan fingerprint density at radius 3 is 2.55 bits per heavy atom. The molecule has 3 aromatic rings. The van der Waals surface area contributed by atoms with Crippen molar-refractivity contribution in [3.8, 4) is 34.2 Å². The summed E-state index contributed by atoms with van der Waals surface area (Å²) in [7, 11) is 1.50. The average Bonchev–Trinajstić information content (AvgIpc) is 2.85. The lowest BCUT2D eigenvalue weighted by Gasteiger charge is -2.37. The van der Waals surface area contributed by atoms with Crippen LogP contribution in [0.15, 0.2) is 48.5 Å². The van der Waals surface area contributed by atoms with E-state index in [1.165, 1.54) is 12.0 Å². The predicted molar refractivity (Wildman–Crippen MR) is 154 cm³/mol. The number of nitrogens with one attached hydrogen (secondary N) is 1. The second-order valence-corrected chi connectivity index (χ2v) is 10.6. The normalized spacial score (nSPS) is 11.8. The molecule has 10 nitrogen and oxygen atoms in total. The van der Waals surface area contributed by atoms with Crippen molar-refractivity contribution in [1.82, 2.24) is 9.88 Å². The Kier molecular flexibility index (Phi) is 9.58. The van der Waals surface area contributed by atoms with Crippen molar-refractivity contribution in [3.63, 3.8) is 0 Å². The van der Waals surface area contributed by atoms with Gasteiger partial charge < -0.3 is 30.5 Å². The van der Waals surface area contributed by atoms with E-state index >= 15 is 0 Å². The first-order valence-corrected chi connectivity index (χ1v) is 12.8. The number of carbonyl (C=O) groups excluding carboxylic acids is 1. The van der Waals surface area contributed by atoms with Crippen LogP contribution in [0.3, 0.4) is 0 Å². The molecule has 11 heteroatoms. The summed E-state index contributed by atoms with van der Waals surface area (Å²) in [5.41, 5.74) is 8.36. The van der Waals surface area contributed by atoms with Crippen LogP contribution in [0.4, 0.5) is 16.3 Å². The van der Waals surface area contributed by atoms with Gasteiger partial charge in [0.1, 0.15) is 23.2 Å². The number of methoxy groups -OCH3 is 1. The van der Waals surface area contributed by atoms with Gasteiger partial charge in [-0.3, -0.25) is 4.79 Å². The van der Waals surface area contributed by atoms with E-state index in [0.717, 1.165) is 0 Å². The highest BCUT2D eigenvalue weighted by molar-refractivity contribution is 6.30. The molecule has 0 saturated heterocycles. The Labute approximate surface area is 238 Å². The number of nitriles is 1. The summed E-state index contributed by atoms with van der Waals surface area (Å²) in [6.07, 6.45) is -1.13. The van der Waals surface area contributed by atoms with Crippen LogP contribution in [0.5, 0.6) is 5.75 Å². The first-order valence-electron chi connectivity index (χ1n) is 12.4. The standard InChI is InChI=1S/C29H32ClN5O5/c1-17(35(28(37)38)29(2,3)4)11-26(36)33-20-8-6-7-18(12-20)22-14-24(34-27(32)23(22)15-31)21-10-9-19(30)13-25(21)40-16-39-5/h6-10,12-14,17H,11,16H2,1-5H3,(H2,32,34)(H,33,36)(H,37,38). The highest BCUT2D eigenvalue weighted by atomic mass is 35.5. The molecule has 2 amide bonds. The van der Waals surface area contributed by atoms with Crippen molar-refractivity contribution in [1.29, 1.82) is 5.26 Å². The quantitative estimate of drug-likeness (QED) is 0.267. The second-order valence-electron chi connectivity index (χ2n) is 10.1. The minimum absolute atomic E-state index is 0.00764. The van der Waals surface area contributed by atoms with Gasteiger partial charge in [0.25, 0.3) is 0 Å². The van der Waals surface area contributed by atoms with Crippen LogP contribution in [-0.4, -0.2) is 52.5 Å². The Bertz CT molecular complexity index is 1450. The third kappa shape index (κ3) is 7.20. The maximum Gasteiger partial charge on any atom is 0.407 e. The summed E-state index contributed by atoms with van der Waals surface area (Å²) in [6.45, 7) is 7.01. The van der Waals surface area contributed by atoms with Crippen molar-refractivity contribution < 1.29 is 24.2 Å². The van der Waals surface area contributed by atoms with Gasteiger partial charge in [0.2, 0.25) is 5.91 Å². The molecule has 1 aromatic heterocycles. The summed E-state index contributed by atoms with van der Waals surface area (Å²) in [5, 5.41) is 22.8. The number of nitrogens with two attached hydrogens (primary N) is 1. The van der Waals surface area contributed by atoms with Gasteiger partial charge >= 0.3 is 6.09 Å². The third-order valence-electron chi connectivity index (χ3n) is 6.02. The van der Waals surface area contributed by atoms with E-state index in [0.29, 0.717) is 38.8 Å². The van der Waals surface area contributed by atoms with Crippen LogP contribution in [0.25, 0.3) is 22.4 Å². The number of carbonyl (C=O) groups is 2. The van der Waals surface area contributed by atoms with Gasteiger partial charge in [-0.2, -0.15) is 5.26 Å². The smallest absolute Gasteiger partial charge is 0.407 e. The van der Waals surface area contributed by atoms with Gasteiger partial charge in [-0.1, -0.05) is 23.7 Å². The summed E-state index contributed by atoms with van der Waals surface area (Å²) in [5.74, 6) is 0.108. The van der Waals surface area contributed by atoms with Crippen LogP contribution in [0.1, 0.15) is 39.7 Å². The topological polar surface area (TPSA) is 151 Å². The van der Waals surface area contributed by atoms with Crippen molar-refractivity contribution in [2.24, 2.45) is 0 Å². The first kappa shape index (κ1) is 30.2. The van der Waals surface area contributed by atoms with Gasteiger partial charge in [-0.15, -0.1) is 0 Å². The fourth-order valence-electron chi connectivity index (χ4n) is 4.47. The van der Waals surface area contributed by atoms with Crippen LogP contribution < -0.4 is 15.8 Å². The largest absolute Gasteiger partial charge is 0.467 e. The maximum atomic E-state index is 12.8. The van der Waals surface area contributed by atoms with Crippen molar-refractivity contribution in [3.05, 3.63) is 59.1 Å². The lowest BCUT2D eigenvalue weighted by molar-refractivity contribution is -0.117. The zero-order chi connectivity index (χ0) is 29.6. The minimum Gasteiger partial charge on any atom is -0.467 e. The minimum atomic E-state index is -1.10. The molecular formula is C29H32ClN5O5. The number of benzene rings is 2. The predicted octanol–water partition coefficient (Wildman–Crippen LogP) is 6.00. The number of hydrogen-bond acceptors (Lipinski definition) is 7. The van der Waals surface area contributed by atoms with Crippen LogP contribution in [-0.2, 0) is 9.53 Å². The number of nitrogens with zero attached hydrogens (tertiary/aromatic N) is 3. The second kappa shape index (κ2) is 12.7. The molecule has 0 fully saturated rings. The zero-order valence-electron chi connectivity index (χ0n) is 23.0. The Morgan fingerprint density at radius 2 is 1.93 bits per heavy atom. The van der Waals surface area contributed by atoms with Crippen molar-refractivity contribution >= 4 is 35.1 Å². The zero-order valence-corrected chi connectivity index (χ0v) is 23.7. The van der Waals surface area contributed by atoms with E-state index < -0.39 is 17.7 Å². The Balaban J connectivity index is 1.95. The van der Waals surface area contributed by atoms with Gasteiger partial charge in [-0.25, -0.2) is 9.78 Å². The highest BCUT2D eigenvalue weighted by Crippen LogP contribution is 2.37. The summed E-state index contributed by atoms with van der Waals surface area (Å²) in [6, 6.07) is 15.3. The fraction of sp³-hybridized carbons (Fsp3) is 0.310. The molecule has 0 spiro atoms. The van der Waals surface area contributed by atoms with Crippen LogP contribution in [0, 0.1) is 11.3 Å². The Hall–Kier alpha value is -4.33. The molecule has 0 aliphatic carbocycles. The lowest BCUT2D eigenvalue weighted by atomic mass is 9.97. The molecule has 0 bridgehead atoms. The molecular weight excluding hydrogens is 534 g/mol. The van der Waals surface area contributed by atoms with Gasteiger partial charge in [0, 0.05) is 46.9 Å². The maximum absolute atomic E-state index is 12.8. The van der Waals surface area contributed by atoms with Gasteiger partial charge in [0.05, 0.1) is 5.69 Å². The number of anilines is 2. The monoisotopic (exact) mass is 565 g/mol. The van der Waals surface area contributed by atoms with Gasteiger partial charge in [-0.05, 0) is 69.7 Å². The lowest BCUT2D eigenvalue weighted by Crippen LogP contribution is -2.51. The van der Waals surface area contributed by atoms with E-state index in [2.05, 4.69) is 16.4 Å². The first-order chi connectivity index (χ1) is 18.8. The summed E-state index contributed by atoms with van der Waals surface area (Å²) < 4.78 is 10.7. The van der Waals surface area contributed by atoms with Crippen LogP contribution >= 0.6 is 11.6 Å². The highest BCUT2D eigenvalue weighted by Gasteiger charge is 2.31. The number of nitrogen functional groups attached to an aromatic ring is 1. The fourth-order valence-corrected chi connectivity index (χ4v) is 4.63. The van der Waals surface area contributed by atoms with E-state index in [9.17, 15) is 20.0 Å².